The second-order valence-corrected chi connectivity index (χ2v) is 10.5. The van der Waals surface area contributed by atoms with Gasteiger partial charge in [-0.3, -0.25) is 0 Å². The van der Waals surface area contributed by atoms with Crippen LogP contribution in [-0.2, 0) is 0 Å². The molecule has 0 atom stereocenters. The molecule has 2 aromatic carbocycles. The Morgan fingerprint density at radius 2 is 1.61 bits per heavy atom. The van der Waals surface area contributed by atoms with Gasteiger partial charge in [-0.05, 0) is 80.4 Å². The molecule has 0 unspecified atom stereocenters. The first-order chi connectivity index (χ1) is 17.4. The normalized spacial score (nSPS) is 24.9. The Hall–Kier alpha value is -2.57. The van der Waals surface area contributed by atoms with Gasteiger partial charge in [0, 0.05) is 5.56 Å². The molecule has 0 radical (unpaired) electrons. The van der Waals surface area contributed by atoms with Crippen LogP contribution in [0.3, 0.4) is 0 Å². The predicted octanol–water partition coefficient (Wildman–Crippen LogP) is 9.25. The van der Waals surface area contributed by atoms with E-state index in [-0.39, 0.29) is 22.9 Å². The summed E-state index contributed by atoms with van der Waals surface area (Å²) in [5.74, 6) is -1.50. The lowest BCUT2D eigenvalue weighted by atomic mass is 9.68. The van der Waals surface area contributed by atoms with Crippen LogP contribution < -0.4 is 4.74 Å². The molecule has 194 valence electrons. The molecule has 0 amide bonds. The van der Waals surface area contributed by atoms with Gasteiger partial charge in [-0.2, -0.15) is 13.2 Å². The van der Waals surface area contributed by atoms with Crippen LogP contribution in [0.4, 0.5) is 17.6 Å². The standard InChI is InChI=1S/C29H33F4NO2/c1-2-5-17-8-10-18(11-9-17)19-12-14-20(15-13-19)21-16-22(25(30)26(31)27(21)36-29(32)33)28-34-23-6-3-4-7-24(23)35-28/h3-4,6-7,16-20,29H,2,5,8-15H2,1H3. The second-order valence-electron chi connectivity index (χ2n) is 10.5. The fourth-order valence-electron chi connectivity index (χ4n) is 6.54. The van der Waals surface area contributed by atoms with Crippen LogP contribution in [-0.4, -0.2) is 11.6 Å². The molecular weight excluding hydrogens is 470 g/mol. The third kappa shape index (κ3) is 5.12. The summed E-state index contributed by atoms with van der Waals surface area (Å²) in [6.07, 6.45) is 11.0. The first-order valence-corrected chi connectivity index (χ1v) is 13.3. The van der Waals surface area contributed by atoms with Gasteiger partial charge in [0.15, 0.2) is 17.1 Å². The van der Waals surface area contributed by atoms with E-state index in [1.54, 1.807) is 24.3 Å². The molecule has 36 heavy (non-hydrogen) atoms. The molecule has 1 heterocycles. The molecule has 2 aliphatic carbocycles. The number of fused-ring (bicyclic) bond motifs is 1. The smallest absolute Gasteiger partial charge is 0.387 e. The van der Waals surface area contributed by atoms with Crippen molar-refractivity contribution in [2.75, 3.05) is 0 Å². The maximum Gasteiger partial charge on any atom is 0.387 e. The third-order valence-electron chi connectivity index (χ3n) is 8.39. The highest BCUT2D eigenvalue weighted by atomic mass is 19.3. The molecule has 0 bridgehead atoms. The summed E-state index contributed by atoms with van der Waals surface area (Å²) in [5, 5.41) is 0. The number of hydrogen-bond donors (Lipinski definition) is 0. The Morgan fingerprint density at radius 1 is 0.944 bits per heavy atom. The fraction of sp³-hybridized carbons (Fsp3) is 0.552. The lowest BCUT2D eigenvalue weighted by Gasteiger charge is -2.38. The molecule has 3 nitrogen and oxygen atoms in total. The van der Waals surface area contributed by atoms with Gasteiger partial charge in [0.05, 0.1) is 5.56 Å². The van der Waals surface area contributed by atoms with Crippen molar-refractivity contribution in [2.24, 2.45) is 17.8 Å². The van der Waals surface area contributed by atoms with Crippen molar-refractivity contribution in [3.63, 3.8) is 0 Å². The molecule has 0 aliphatic heterocycles. The Morgan fingerprint density at radius 3 is 2.25 bits per heavy atom. The number of benzene rings is 2. The van der Waals surface area contributed by atoms with E-state index in [1.807, 2.05) is 0 Å². The number of aromatic nitrogens is 1. The van der Waals surface area contributed by atoms with E-state index in [2.05, 4.69) is 16.6 Å². The highest BCUT2D eigenvalue weighted by Crippen LogP contribution is 2.48. The number of hydrogen-bond acceptors (Lipinski definition) is 3. The summed E-state index contributed by atoms with van der Waals surface area (Å²) >= 11 is 0. The minimum absolute atomic E-state index is 0.0741. The van der Waals surface area contributed by atoms with Gasteiger partial charge in [0.25, 0.3) is 0 Å². The highest BCUT2D eigenvalue weighted by Gasteiger charge is 2.34. The summed E-state index contributed by atoms with van der Waals surface area (Å²) < 4.78 is 66.8. The molecule has 7 heteroatoms. The highest BCUT2D eigenvalue weighted by molar-refractivity contribution is 5.76. The molecule has 2 aliphatic rings. The average molecular weight is 504 g/mol. The van der Waals surface area contributed by atoms with Gasteiger partial charge in [-0.1, -0.05) is 44.7 Å². The van der Waals surface area contributed by atoms with Crippen molar-refractivity contribution in [2.45, 2.75) is 83.7 Å². The number of para-hydroxylation sites is 2. The monoisotopic (exact) mass is 503 g/mol. The molecule has 2 saturated carbocycles. The van der Waals surface area contributed by atoms with E-state index in [0.717, 1.165) is 31.6 Å². The maximum atomic E-state index is 15.1. The van der Waals surface area contributed by atoms with Gasteiger partial charge in [0.2, 0.25) is 11.7 Å². The van der Waals surface area contributed by atoms with Gasteiger partial charge >= 0.3 is 6.61 Å². The van der Waals surface area contributed by atoms with Crippen molar-refractivity contribution in [1.29, 1.82) is 0 Å². The zero-order valence-corrected chi connectivity index (χ0v) is 20.6. The van der Waals surface area contributed by atoms with Crippen molar-refractivity contribution in [3.8, 4) is 17.2 Å². The fourth-order valence-corrected chi connectivity index (χ4v) is 6.54. The Kier molecular flexibility index (Phi) is 7.54. The third-order valence-corrected chi connectivity index (χ3v) is 8.39. The SMILES string of the molecule is CCCC1CCC(C2CCC(c3cc(-c4nc5ccccc5o4)c(F)c(F)c3OC(F)F)CC2)CC1. The van der Waals surface area contributed by atoms with Crippen LogP contribution in [0.1, 0.15) is 82.6 Å². The van der Waals surface area contributed by atoms with Crippen LogP contribution >= 0.6 is 0 Å². The zero-order chi connectivity index (χ0) is 25.2. The van der Waals surface area contributed by atoms with E-state index < -0.39 is 24.0 Å². The van der Waals surface area contributed by atoms with Crippen LogP contribution in [0, 0.1) is 29.4 Å². The maximum absolute atomic E-state index is 15.1. The number of rotatable bonds is 7. The molecular formula is C29H33F4NO2. The number of oxazole rings is 1. The average Bonchev–Trinajstić information content (AvgIpc) is 3.32. The largest absolute Gasteiger partial charge is 0.436 e. The van der Waals surface area contributed by atoms with Crippen molar-refractivity contribution in [3.05, 3.63) is 47.5 Å². The molecule has 0 spiro atoms. The molecule has 0 N–H and O–H groups in total. The van der Waals surface area contributed by atoms with Gasteiger partial charge in [-0.15, -0.1) is 0 Å². The van der Waals surface area contributed by atoms with Crippen molar-refractivity contribution in [1.82, 2.24) is 4.98 Å². The number of alkyl halides is 2. The van der Waals surface area contributed by atoms with Crippen LogP contribution in [0.25, 0.3) is 22.6 Å². The Labute approximate surface area is 209 Å². The number of nitrogens with zero attached hydrogens (tertiary/aromatic N) is 1. The molecule has 3 aromatic rings. The topological polar surface area (TPSA) is 35.3 Å². The van der Waals surface area contributed by atoms with E-state index in [0.29, 0.717) is 22.9 Å². The van der Waals surface area contributed by atoms with Crippen LogP contribution in [0.2, 0.25) is 0 Å². The molecule has 0 saturated heterocycles. The van der Waals surface area contributed by atoms with E-state index in [1.165, 1.54) is 44.6 Å². The summed E-state index contributed by atoms with van der Waals surface area (Å²) in [7, 11) is 0. The molecule has 2 fully saturated rings. The van der Waals surface area contributed by atoms with Gasteiger partial charge < -0.3 is 9.15 Å². The van der Waals surface area contributed by atoms with E-state index in [4.69, 9.17) is 4.42 Å². The van der Waals surface area contributed by atoms with Crippen molar-refractivity contribution < 1.29 is 26.7 Å². The van der Waals surface area contributed by atoms with E-state index in [9.17, 15) is 8.78 Å². The summed E-state index contributed by atoms with van der Waals surface area (Å²) in [5.41, 5.74) is 1.06. The Balaban J connectivity index is 1.39. The summed E-state index contributed by atoms with van der Waals surface area (Å²) in [6, 6.07) is 8.33. The van der Waals surface area contributed by atoms with Crippen LogP contribution in [0.15, 0.2) is 34.7 Å². The van der Waals surface area contributed by atoms with Crippen LogP contribution in [0.5, 0.6) is 5.75 Å². The Bertz CT molecular complexity index is 1140. The second kappa shape index (κ2) is 10.8. The summed E-state index contributed by atoms with van der Waals surface area (Å²) in [4.78, 5) is 4.29. The lowest BCUT2D eigenvalue weighted by Crippen LogP contribution is -2.25. The van der Waals surface area contributed by atoms with Gasteiger partial charge in [0.1, 0.15) is 5.52 Å². The van der Waals surface area contributed by atoms with Gasteiger partial charge in [-0.25, -0.2) is 9.37 Å². The minimum atomic E-state index is -3.25. The molecule has 5 rings (SSSR count). The minimum Gasteiger partial charge on any atom is -0.436 e. The first-order valence-electron chi connectivity index (χ1n) is 13.3. The predicted molar refractivity (Wildman–Crippen MR) is 131 cm³/mol. The summed E-state index contributed by atoms with van der Waals surface area (Å²) in [6.45, 7) is -1.00. The lowest BCUT2D eigenvalue weighted by molar-refractivity contribution is -0.0535. The van der Waals surface area contributed by atoms with Crippen molar-refractivity contribution >= 4 is 11.1 Å². The van der Waals surface area contributed by atoms with E-state index >= 15 is 8.78 Å². The zero-order valence-electron chi connectivity index (χ0n) is 20.6. The number of halogens is 4. The number of ether oxygens (including phenoxy) is 1. The quantitative estimate of drug-likeness (QED) is 0.301. The molecule has 1 aromatic heterocycles. The first kappa shape index (κ1) is 25.1.